The molecule has 0 saturated heterocycles. The molecule has 1 amide bonds. The monoisotopic (exact) mass is 253 g/mol. The van der Waals surface area contributed by atoms with Gasteiger partial charge in [0.25, 0.3) is 5.91 Å². The molecule has 0 atom stereocenters. The Balaban J connectivity index is 2.76. The smallest absolute Gasteiger partial charge is 0.271 e. The molecule has 6 nitrogen and oxygen atoms in total. The third-order valence-electron chi connectivity index (χ3n) is 2.49. The highest BCUT2D eigenvalue weighted by Gasteiger charge is 2.12. The van der Waals surface area contributed by atoms with Gasteiger partial charge in [0.05, 0.1) is 13.7 Å². The van der Waals surface area contributed by atoms with Gasteiger partial charge in [0.15, 0.2) is 11.4 Å². The summed E-state index contributed by atoms with van der Waals surface area (Å²) in [7, 11) is 5.13. The Hall–Kier alpha value is -1.66. The van der Waals surface area contributed by atoms with E-state index in [0.29, 0.717) is 18.9 Å². The van der Waals surface area contributed by atoms with Crippen molar-refractivity contribution in [3.8, 4) is 5.75 Å². The highest BCUT2D eigenvalue weighted by Crippen LogP contribution is 2.17. The van der Waals surface area contributed by atoms with Crippen molar-refractivity contribution >= 4 is 5.91 Å². The van der Waals surface area contributed by atoms with Crippen LogP contribution in [-0.2, 0) is 11.3 Å². The van der Waals surface area contributed by atoms with Crippen molar-refractivity contribution in [1.29, 1.82) is 0 Å². The van der Waals surface area contributed by atoms with E-state index in [0.717, 1.165) is 12.1 Å². The van der Waals surface area contributed by atoms with Crippen LogP contribution in [0, 0.1) is 0 Å². The lowest BCUT2D eigenvalue weighted by atomic mass is 10.2. The Labute approximate surface area is 107 Å². The number of methoxy groups -OCH3 is 2. The molecule has 0 bridgehead atoms. The first-order valence-corrected chi connectivity index (χ1v) is 5.58. The number of primary amides is 1. The van der Waals surface area contributed by atoms with E-state index in [1.807, 2.05) is 7.05 Å². The zero-order valence-electron chi connectivity index (χ0n) is 11.0. The van der Waals surface area contributed by atoms with Gasteiger partial charge in [-0.2, -0.15) is 0 Å². The van der Waals surface area contributed by atoms with Gasteiger partial charge in [-0.05, 0) is 18.7 Å². The quantitative estimate of drug-likeness (QED) is 0.754. The number of carbonyl (C=O) groups is 1. The molecule has 1 heterocycles. The van der Waals surface area contributed by atoms with Gasteiger partial charge in [-0.25, -0.2) is 4.98 Å². The molecular formula is C12H19N3O3. The summed E-state index contributed by atoms with van der Waals surface area (Å²) in [6.07, 6.45) is 1.63. The number of nitrogens with two attached hydrogens (primary N) is 1. The summed E-state index contributed by atoms with van der Waals surface area (Å²) in [5.41, 5.74) is 6.31. The second kappa shape index (κ2) is 6.93. The minimum absolute atomic E-state index is 0.154. The van der Waals surface area contributed by atoms with Crippen molar-refractivity contribution < 1.29 is 14.3 Å². The number of nitrogens with zero attached hydrogens (tertiary/aromatic N) is 2. The van der Waals surface area contributed by atoms with Crippen LogP contribution in [0.4, 0.5) is 0 Å². The number of hydrogen-bond acceptors (Lipinski definition) is 5. The topological polar surface area (TPSA) is 77.7 Å². The highest BCUT2D eigenvalue weighted by molar-refractivity contribution is 5.93. The zero-order chi connectivity index (χ0) is 13.5. The maximum atomic E-state index is 11.1. The normalized spacial score (nSPS) is 10.7. The first-order chi connectivity index (χ1) is 8.58. The minimum Gasteiger partial charge on any atom is -0.494 e. The molecule has 1 rings (SSSR count). The van der Waals surface area contributed by atoms with Gasteiger partial charge in [0.1, 0.15) is 0 Å². The highest BCUT2D eigenvalue weighted by atomic mass is 16.5. The van der Waals surface area contributed by atoms with Gasteiger partial charge in [0, 0.05) is 26.4 Å². The van der Waals surface area contributed by atoms with E-state index < -0.39 is 5.91 Å². The maximum absolute atomic E-state index is 11.1. The average Bonchev–Trinajstić information content (AvgIpc) is 2.35. The molecule has 0 unspecified atom stereocenters. The number of pyridine rings is 1. The number of amides is 1. The second-order valence-electron chi connectivity index (χ2n) is 3.99. The standard InChI is InChI=1S/C12H19N3O3/c1-15(4-5-17-2)8-9-6-10(18-3)11(12(13)16)14-7-9/h6-7H,4-5,8H2,1-3H3,(H2,13,16). The van der Waals surface area contributed by atoms with Crippen molar-refractivity contribution in [1.82, 2.24) is 9.88 Å². The average molecular weight is 253 g/mol. The molecule has 1 aromatic heterocycles. The number of hydrogen-bond donors (Lipinski definition) is 1. The summed E-state index contributed by atoms with van der Waals surface area (Å²) in [6.45, 7) is 2.18. The predicted molar refractivity (Wildman–Crippen MR) is 67.5 cm³/mol. The molecule has 0 aliphatic rings. The molecule has 0 aliphatic heterocycles. The Bertz CT molecular complexity index is 410. The Morgan fingerprint density at radius 2 is 2.22 bits per heavy atom. The molecule has 100 valence electrons. The molecule has 0 aromatic carbocycles. The number of aromatic nitrogens is 1. The van der Waals surface area contributed by atoms with Crippen LogP contribution in [0.15, 0.2) is 12.3 Å². The second-order valence-corrected chi connectivity index (χ2v) is 3.99. The number of rotatable bonds is 7. The fourth-order valence-corrected chi connectivity index (χ4v) is 1.55. The van der Waals surface area contributed by atoms with Crippen LogP contribution in [0.2, 0.25) is 0 Å². The molecular weight excluding hydrogens is 234 g/mol. The van der Waals surface area contributed by atoms with Crippen LogP contribution in [0.5, 0.6) is 5.75 Å². The first-order valence-electron chi connectivity index (χ1n) is 5.58. The first kappa shape index (κ1) is 14.4. The summed E-state index contributed by atoms with van der Waals surface area (Å²) < 4.78 is 10.1. The maximum Gasteiger partial charge on any atom is 0.271 e. The van der Waals surface area contributed by atoms with Crippen molar-refractivity contribution in [3.05, 3.63) is 23.5 Å². The van der Waals surface area contributed by atoms with Gasteiger partial charge < -0.3 is 15.2 Å². The lowest BCUT2D eigenvalue weighted by Crippen LogP contribution is -2.22. The number of ether oxygens (including phenoxy) is 2. The molecule has 6 heteroatoms. The van der Waals surface area contributed by atoms with Crippen LogP contribution in [0.3, 0.4) is 0 Å². The van der Waals surface area contributed by atoms with Crippen LogP contribution in [0.25, 0.3) is 0 Å². The summed E-state index contributed by atoms with van der Waals surface area (Å²) in [4.78, 5) is 17.2. The SMILES string of the molecule is COCCN(C)Cc1cnc(C(N)=O)c(OC)c1. The fraction of sp³-hybridized carbons (Fsp3) is 0.500. The van der Waals surface area contributed by atoms with Gasteiger partial charge in [-0.3, -0.25) is 9.69 Å². The third-order valence-corrected chi connectivity index (χ3v) is 2.49. The van der Waals surface area contributed by atoms with Crippen LogP contribution < -0.4 is 10.5 Å². The van der Waals surface area contributed by atoms with Crippen molar-refractivity contribution in [2.24, 2.45) is 5.73 Å². The van der Waals surface area contributed by atoms with E-state index in [4.69, 9.17) is 15.2 Å². The van der Waals surface area contributed by atoms with Crippen molar-refractivity contribution in [2.45, 2.75) is 6.54 Å². The van der Waals surface area contributed by atoms with Crippen LogP contribution in [0.1, 0.15) is 16.1 Å². The largest absolute Gasteiger partial charge is 0.494 e. The summed E-state index contributed by atoms with van der Waals surface area (Å²) in [6, 6.07) is 1.77. The van der Waals surface area contributed by atoms with Crippen LogP contribution >= 0.6 is 0 Å². The van der Waals surface area contributed by atoms with E-state index >= 15 is 0 Å². The van der Waals surface area contributed by atoms with Gasteiger partial charge >= 0.3 is 0 Å². The molecule has 0 aliphatic carbocycles. The molecule has 0 spiro atoms. The van der Waals surface area contributed by atoms with Gasteiger partial charge in [-0.15, -0.1) is 0 Å². The lowest BCUT2D eigenvalue weighted by Gasteiger charge is -2.16. The number of carbonyl (C=O) groups excluding carboxylic acids is 1. The minimum atomic E-state index is -0.592. The van der Waals surface area contributed by atoms with Crippen LogP contribution in [-0.4, -0.2) is 50.2 Å². The molecule has 0 fully saturated rings. The molecule has 0 radical (unpaired) electrons. The molecule has 0 saturated carbocycles. The lowest BCUT2D eigenvalue weighted by molar-refractivity contribution is 0.0992. The van der Waals surface area contributed by atoms with Gasteiger partial charge in [0.2, 0.25) is 0 Å². The van der Waals surface area contributed by atoms with E-state index in [9.17, 15) is 4.79 Å². The Morgan fingerprint density at radius 1 is 1.50 bits per heavy atom. The van der Waals surface area contributed by atoms with E-state index in [1.54, 1.807) is 19.4 Å². The summed E-state index contributed by atoms with van der Waals surface area (Å²) in [5.74, 6) is -0.189. The predicted octanol–water partition coefficient (Wildman–Crippen LogP) is 0.267. The fourth-order valence-electron chi connectivity index (χ4n) is 1.55. The Morgan fingerprint density at radius 3 is 2.78 bits per heavy atom. The van der Waals surface area contributed by atoms with Crippen molar-refractivity contribution in [3.63, 3.8) is 0 Å². The van der Waals surface area contributed by atoms with Gasteiger partial charge in [-0.1, -0.05) is 0 Å². The molecule has 18 heavy (non-hydrogen) atoms. The Kier molecular flexibility index (Phi) is 5.54. The van der Waals surface area contributed by atoms with E-state index in [-0.39, 0.29) is 5.69 Å². The number of likely N-dealkylation sites (N-methyl/N-ethyl adjacent to an activating group) is 1. The zero-order valence-corrected chi connectivity index (χ0v) is 11.0. The van der Waals surface area contributed by atoms with E-state index in [2.05, 4.69) is 9.88 Å². The molecule has 2 N–H and O–H groups in total. The van der Waals surface area contributed by atoms with Crippen molar-refractivity contribution in [2.75, 3.05) is 34.4 Å². The third kappa shape index (κ3) is 3.97. The summed E-state index contributed by atoms with van der Waals surface area (Å²) in [5, 5.41) is 0. The van der Waals surface area contributed by atoms with E-state index in [1.165, 1.54) is 7.11 Å². The molecule has 1 aromatic rings. The summed E-state index contributed by atoms with van der Waals surface area (Å²) >= 11 is 0.